The number of nitriles is 1. The fourth-order valence-electron chi connectivity index (χ4n) is 3.27. The zero-order valence-corrected chi connectivity index (χ0v) is 11.8. The Morgan fingerprint density at radius 3 is 2.95 bits per heavy atom. The van der Waals surface area contributed by atoms with E-state index in [4.69, 9.17) is 5.26 Å². The molecular formula is C17H20N2O. The summed E-state index contributed by atoms with van der Waals surface area (Å²) in [5.74, 6) is 0.0719. The van der Waals surface area contributed by atoms with Gasteiger partial charge < -0.3 is 4.90 Å². The van der Waals surface area contributed by atoms with Gasteiger partial charge in [-0.25, -0.2) is 0 Å². The molecule has 20 heavy (non-hydrogen) atoms. The Bertz CT molecular complexity index is 559. The highest BCUT2D eigenvalue weighted by atomic mass is 16.2. The molecule has 1 aromatic rings. The summed E-state index contributed by atoms with van der Waals surface area (Å²) in [5.41, 5.74) is 4.33. The van der Waals surface area contributed by atoms with Gasteiger partial charge in [0.1, 0.15) is 0 Å². The summed E-state index contributed by atoms with van der Waals surface area (Å²) in [7, 11) is 0. The summed E-state index contributed by atoms with van der Waals surface area (Å²) in [5, 5.41) is 8.87. The molecule has 1 unspecified atom stereocenters. The van der Waals surface area contributed by atoms with E-state index in [1.165, 1.54) is 36.0 Å². The van der Waals surface area contributed by atoms with E-state index in [0.29, 0.717) is 6.42 Å². The average molecular weight is 268 g/mol. The van der Waals surface area contributed by atoms with E-state index in [1.807, 2.05) is 4.90 Å². The third-order valence-corrected chi connectivity index (χ3v) is 4.54. The number of benzene rings is 1. The number of carbonyl (C=O) groups excluding carboxylic acids is 1. The first kappa shape index (κ1) is 13.2. The van der Waals surface area contributed by atoms with Crippen LogP contribution in [-0.2, 0) is 24.1 Å². The van der Waals surface area contributed by atoms with E-state index < -0.39 is 0 Å². The standard InChI is InChI=1S/C17H20N2O/c18-12-14-7-9-19(17(20)11-14)8-6-13-4-5-15-2-1-3-16(15)10-13/h4-5,10,14H,1-3,6-9,11H2. The highest BCUT2D eigenvalue weighted by Crippen LogP contribution is 2.23. The summed E-state index contributed by atoms with van der Waals surface area (Å²) in [4.78, 5) is 13.9. The quantitative estimate of drug-likeness (QED) is 0.845. The minimum atomic E-state index is -0.0706. The molecule has 3 rings (SSSR count). The molecule has 0 spiro atoms. The third kappa shape index (κ3) is 2.70. The van der Waals surface area contributed by atoms with Gasteiger partial charge in [0.25, 0.3) is 0 Å². The normalized spacial score (nSPS) is 21.6. The summed E-state index contributed by atoms with van der Waals surface area (Å²) in [6, 6.07) is 8.98. The summed E-state index contributed by atoms with van der Waals surface area (Å²) in [6.45, 7) is 1.53. The van der Waals surface area contributed by atoms with Crippen molar-refractivity contribution in [3.8, 4) is 6.07 Å². The fourth-order valence-corrected chi connectivity index (χ4v) is 3.27. The van der Waals surface area contributed by atoms with Gasteiger partial charge in [-0.3, -0.25) is 4.79 Å². The molecule has 3 heteroatoms. The van der Waals surface area contributed by atoms with Crippen LogP contribution in [-0.4, -0.2) is 23.9 Å². The predicted octanol–water partition coefficient (Wildman–Crippen LogP) is 2.48. The lowest BCUT2D eigenvalue weighted by atomic mass is 9.97. The molecule has 0 N–H and O–H groups in total. The Morgan fingerprint density at radius 2 is 2.15 bits per heavy atom. The molecule has 1 amide bonds. The maximum atomic E-state index is 11.9. The Kier molecular flexibility index (Phi) is 3.73. The molecular weight excluding hydrogens is 248 g/mol. The molecule has 1 atom stereocenters. The minimum absolute atomic E-state index is 0.0706. The molecule has 1 saturated heterocycles. The molecule has 2 aliphatic rings. The van der Waals surface area contributed by atoms with Crippen LogP contribution in [0.25, 0.3) is 0 Å². The van der Waals surface area contributed by atoms with Crippen LogP contribution < -0.4 is 0 Å². The molecule has 0 saturated carbocycles. The molecule has 1 aliphatic carbocycles. The largest absolute Gasteiger partial charge is 0.342 e. The number of rotatable bonds is 3. The Morgan fingerprint density at radius 1 is 1.30 bits per heavy atom. The van der Waals surface area contributed by atoms with Gasteiger partial charge >= 0.3 is 0 Å². The van der Waals surface area contributed by atoms with Gasteiger partial charge in [-0.1, -0.05) is 18.2 Å². The molecule has 1 aromatic carbocycles. The van der Waals surface area contributed by atoms with E-state index in [1.54, 1.807) is 0 Å². The molecule has 1 heterocycles. The average Bonchev–Trinajstić information content (AvgIpc) is 2.93. The first-order valence-corrected chi connectivity index (χ1v) is 7.54. The minimum Gasteiger partial charge on any atom is -0.342 e. The second kappa shape index (κ2) is 5.66. The number of amides is 1. The maximum Gasteiger partial charge on any atom is 0.223 e. The number of hydrogen-bond acceptors (Lipinski definition) is 2. The van der Waals surface area contributed by atoms with E-state index in [9.17, 15) is 4.79 Å². The molecule has 104 valence electrons. The van der Waals surface area contributed by atoms with E-state index in [-0.39, 0.29) is 11.8 Å². The van der Waals surface area contributed by atoms with Crippen molar-refractivity contribution in [2.45, 2.75) is 38.5 Å². The van der Waals surface area contributed by atoms with Crippen molar-refractivity contribution in [1.29, 1.82) is 5.26 Å². The van der Waals surface area contributed by atoms with Crippen molar-refractivity contribution in [3.05, 3.63) is 34.9 Å². The highest BCUT2D eigenvalue weighted by Gasteiger charge is 2.25. The summed E-state index contributed by atoms with van der Waals surface area (Å²) < 4.78 is 0. The number of hydrogen-bond donors (Lipinski definition) is 0. The van der Waals surface area contributed by atoms with E-state index >= 15 is 0 Å². The first-order valence-electron chi connectivity index (χ1n) is 7.54. The molecule has 0 radical (unpaired) electrons. The van der Waals surface area contributed by atoms with Gasteiger partial charge in [0, 0.05) is 19.5 Å². The first-order chi connectivity index (χ1) is 9.76. The Hall–Kier alpha value is -1.82. The topological polar surface area (TPSA) is 44.1 Å². The SMILES string of the molecule is N#CC1CCN(CCc2ccc3c(c2)CCC3)C(=O)C1. The van der Waals surface area contributed by atoms with Gasteiger partial charge in [0.05, 0.1) is 12.0 Å². The number of nitrogens with zero attached hydrogens (tertiary/aromatic N) is 2. The van der Waals surface area contributed by atoms with E-state index in [0.717, 1.165) is 25.9 Å². The lowest BCUT2D eigenvalue weighted by Crippen LogP contribution is -2.39. The molecule has 1 fully saturated rings. The second-order valence-electron chi connectivity index (χ2n) is 5.91. The van der Waals surface area contributed by atoms with Crippen LogP contribution in [0, 0.1) is 17.2 Å². The third-order valence-electron chi connectivity index (χ3n) is 4.54. The van der Waals surface area contributed by atoms with Crippen LogP contribution in [0.2, 0.25) is 0 Å². The van der Waals surface area contributed by atoms with Crippen LogP contribution in [0.15, 0.2) is 18.2 Å². The number of aryl methyl sites for hydroxylation is 2. The monoisotopic (exact) mass is 268 g/mol. The van der Waals surface area contributed by atoms with Crippen molar-refractivity contribution >= 4 is 5.91 Å². The Balaban J connectivity index is 1.57. The zero-order chi connectivity index (χ0) is 13.9. The molecule has 0 aromatic heterocycles. The second-order valence-corrected chi connectivity index (χ2v) is 5.91. The lowest BCUT2D eigenvalue weighted by molar-refractivity contribution is -0.134. The van der Waals surface area contributed by atoms with Crippen LogP contribution in [0.1, 0.15) is 36.0 Å². The predicted molar refractivity (Wildman–Crippen MR) is 77.1 cm³/mol. The number of likely N-dealkylation sites (tertiary alicyclic amines) is 1. The molecule has 3 nitrogen and oxygen atoms in total. The van der Waals surface area contributed by atoms with Crippen molar-refractivity contribution in [3.63, 3.8) is 0 Å². The van der Waals surface area contributed by atoms with Crippen molar-refractivity contribution in [2.75, 3.05) is 13.1 Å². The van der Waals surface area contributed by atoms with Crippen molar-refractivity contribution in [1.82, 2.24) is 4.90 Å². The van der Waals surface area contributed by atoms with Crippen molar-refractivity contribution < 1.29 is 4.79 Å². The Labute approximate surface area is 120 Å². The maximum absolute atomic E-state index is 11.9. The number of piperidine rings is 1. The van der Waals surface area contributed by atoms with Gasteiger partial charge in [-0.15, -0.1) is 0 Å². The van der Waals surface area contributed by atoms with Crippen LogP contribution in [0.3, 0.4) is 0 Å². The van der Waals surface area contributed by atoms with Crippen molar-refractivity contribution in [2.24, 2.45) is 5.92 Å². The van der Waals surface area contributed by atoms with Gasteiger partial charge in [0.2, 0.25) is 5.91 Å². The van der Waals surface area contributed by atoms with E-state index in [2.05, 4.69) is 24.3 Å². The van der Waals surface area contributed by atoms with Gasteiger partial charge in [-0.2, -0.15) is 5.26 Å². The van der Waals surface area contributed by atoms with Gasteiger partial charge in [0.15, 0.2) is 0 Å². The van der Waals surface area contributed by atoms with Crippen LogP contribution in [0.4, 0.5) is 0 Å². The van der Waals surface area contributed by atoms with Crippen LogP contribution in [0.5, 0.6) is 0 Å². The fraction of sp³-hybridized carbons (Fsp3) is 0.529. The molecule has 1 aliphatic heterocycles. The summed E-state index contributed by atoms with van der Waals surface area (Å²) >= 11 is 0. The van der Waals surface area contributed by atoms with Crippen LogP contribution >= 0.6 is 0 Å². The van der Waals surface area contributed by atoms with Gasteiger partial charge in [-0.05, 0) is 48.8 Å². The molecule has 0 bridgehead atoms. The summed E-state index contributed by atoms with van der Waals surface area (Å²) in [6.07, 6.45) is 5.85. The smallest absolute Gasteiger partial charge is 0.223 e. The number of fused-ring (bicyclic) bond motifs is 1. The zero-order valence-electron chi connectivity index (χ0n) is 11.8. The highest BCUT2D eigenvalue weighted by molar-refractivity contribution is 5.77. The lowest BCUT2D eigenvalue weighted by Gasteiger charge is -2.29. The number of carbonyl (C=O) groups is 1.